The quantitative estimate of drug-likeness (QED) is 0.523. The summed E-state index contributed by atoms with van der Waals surface area (Å²) in [6.07, 6.45) is 4.12. The van der Waals surface area contributed by atoms with E-state index in [0.717, 1.165) is 13.0 Å². The van der Waals surface area contributed by atoms with Crippen LogP contribution in [0.2, 0.25) is 5.02 Å². The fourth-order valence-electron chi connectivity index (χ4n) is 2.88. The zero-order chi connectivity index (χ0) is 21.7. The van der Waals surface area contributed by atoms with Crippen molar-refractivity contribution < 1.29 is 9.13 Å². The number of nitrogens with two attached hydrogens (primary N) is 1. The van der Waals surface area contributed by atoms with Gasteiger partial charge in [0.1, 0.15) is 11.6 Å². The maximum absolute atomic E-state index is 13.7. The number of rotatable bonds is 8. The number of hydrogen-bond acceptors (Lipinski definition) is 8. The molecule has 0 radical (unpaired) electrons. The Labute approximate surface area is 179 Å². The molecule has 0 atom stereocenters. The molecule has 3 rings (SSSR count). The van der Waals surface area contributed by atoms with Gasteiger partial charge in [-0.1, -0.05) is 11.6 Å². The number of benzene rings is 1. The highest BCUT2D eigenvalue weighted by Crippen LogP contribution is 2.37. The predicted octanol–water partition coefficient (Wildman–Crippen LogP) is 3.35. The first kappa shape index (κ1) is 21.7. The lowest BCUT2D eigenvalue weighted by molar-refractivity contribution is 0.380. The third-order valence-corrected chi connectivity index (χ3v) is 4.58. The van der Waals surface area contributed by atoms with Crippen molar-refractivity contribution in [3.05, 3.63) is 41.4 Å². The molecule has 0 aliphatic rings. The summed E-state index contributed by atoms with van der Waals surface area (Å²) in [7, 11) is 5.52. The minimum atomic E-state index is -0.515. The molecule has 0 aliphatic heterocycles. The maximum Gasteiger partial charge on any atom is 0.316 e. The van der Waals surface area contributed by atoms with Crippen molar-refractivity contribution in [3.8, 4) is 28.4 Å². The Morgan fingerprint density at radius 3 is 2.53 bits per heavy atom. The summed E-state index contributed by atoms with van der Waals surface area (Å²) >= 11 is 6.00. The van der Waals surface area contributed by atoms with Crippen molar-refractivity contribution in [3.63, 3.8) is 0 Å². The molecule has 0 spiro atoms. The molecule has 0 unspecified atom stereocenters. The SMILES string of the molecule is COc1ncc(-c2c(NCCCN(C)C)nc(N)nc2-c2ccc(F)c(Cl)c2)cn1. The van der Waals surface area contributed by atoms with E-state index in [0.29, 0.717) is 34.7 Å². The van der Waals surface area contributed by atoms with Gasteiger partial charge in [-0.15, -0.1) is 0 Å². The average Bonchev–Trinajstić information content (AvgIpc) is 2.73. The molecule has 0 amide bonds. The molecule has 2 heterocycles. The first-order valence-electron chi connectivity index (χ1n) is 9.27. The van der Waals surface area contributed by atoms with Crippen LogP contribution >= 0.6 is 11.6 Å². The number of anilines is 2. The zero-order valence-electron chi connectivity index (χ0n) is 17.0. The van der Waals surface area contributed by atoms with Crippen LogP contribution in [0, 0.1) is 5.82 Å². The van der Waals surface area contributed by atoms with E-state index in [4.69, 9.17) is 22.1 Å². The van der Waals surface area contributed by atoms with Gasteiger partial charge >= 0.3 is 6.01 Å². The van der Waals surface area contributed by atoms with Crippen LogP contribution in [0.4, 0.5) is 16.2 Å². The number of nitrogens with one attached hydrogen (secondary N) is 1. The van der Waals surface area contributed by atoms with E-state index >= 15 is 0 Å². The van der Waals surface area contributed by atoms with Gasteiger partial charge in [0.25, 0.3) is 0 Å². The van der Waals surface area contributed by atoms with Crippen LogP contribution in [0.1, 0.15) is 6.42 Å². The first-order chi connectivity index (χ1) is 14.4. The smallest absolute Gasteiger partial charge is 0.316 e. The number of aromatic nitrogens is 4. The van der Waals surface area contributed by atoms with Crippen molar-refractivity contribution in [1.82, 2.24) is 24.8 Å². The second kappa shape index (κ2) is 9.64. The number of methoxy groups -OCH3 is 1. The molecule has 2 aromatic heterocycles. The van der Waals surface area contributed by atoms with Gasteiger partial charge in [0, 0.05) is 30.1 Å². The van der Waals surface area contributed by atoms with E-state index < -0.39 is 5.82 Å². The van der Waals surface area contributed by atoms with Gasteiger partial charge in [-0.2, -0.15) is 4.98 Å². The Hall–Kier alpha value is -3.04. The molecule has 30 heavy (non-hydrogen) atoms. The molecule has 1 aromatic carbocycles. The van der Waals surface area contributed by atoms with E-state index in [1.54, 1.807) is 18.5 Å². The fourth-order valence-corrected chi connectivity index (χ4v) is 3.07. The molecule has 10 heteroatoms. The van der Waals surface area contributed by atoms with Crippen molar-refractivity contribution in [1.29, 1.82) is 0 Å². The normalized spacial score (nSPS) is 11.0. The fraction of sp³-hybridized carbons (Fsp3) is 0.300. The molecule has 3 N–H and O–H groups in total. The van der Waals surface area contributed by atoms with E-state index in [-0.39, 0.29) is 17.0 Å². The largest absolute Gasteiger partial charge is 0.467 e. The highest BCUT2D eigenvalue weighted by Gasteiger charge is 2.19. The molecule has 0 bridgehead atoms. The summed E-state index contributed by atoms with van der Waals surface area (Å²) in [5.74, 6) is 0.100. The second-order valence-electron chi connectivity index (χ2n) is 6.82. The van der Waals surface area contributed by atoms with Gasteiger partial charge in [-0.05, 0) is 45.3 Å². The number of hydrogen-bond donors (Lipinski definition) is 2. The molecule has 0 fully saturated rings. The topological polar surface area (TPSA) is 102 Å². The van der Waals surface area contributed by atoms with Gasteiger partial charge in [0.05, 0.1) is 23.4 Å². The number of nitrogens with zero attached hydrogens (tertiary/aromatic N) is 5. The lowest BCUT2D eigenvalue weighted by Gasteiger charge is -2.17. The Balaban J connectivity index is 2.10. The summed E-state index contributed by atoms with van der Waals surface area (Å²) in [5.41, 5.74) is 8.36. The third kappa shape index (κ3) is 5.11. The van der Waals surface area contributed by atoms with E-state index in [1.807, 2.05) is 14.1 Å². The Kier molecular flexibility index (Phi) is 6.96. The van der Waals surface area contributed by atoms with Gasteiger partial charge < -0.3 is 20.7 Å². The van der Waals surface area contributed by atoms with E-state index in [1.165, 1.54) is 19.2 Å². The standard InChI is InChI=1S/C20H23ClFN7O/c1-29(2)8-4-7-24-18-16(13-10-25-20(30-3)26-11-13)17(27-19(23)28-18)12-5-6-15(22)14(21)9-12/h5-6,9-11H,4,7-8H2,1-3H3,(H3,23,24,27,28). The molecule has 8 nitrogen and oxygen atoms in total. The predicted molar refractivity (Wildman–Crippen MR) is 116 cm³/mol. The molecule has 0 aliphatic carbocycles. The van der Waals surface area contributed by atoms with Crippen LogP contribution in [0.15, 0.2) is 30.6 Å². The minimum Gasteiger partial charge on any atom is -0.467 e. The van der Waals surface area contributed by atoms with Crippen LogP contribution < -0.4 is 15.8 Å². The molecule has 158 valence electrons. The Bertz CT molecular complexity index is 1010. The Morgan fingerprint density at radius 2 is 1.90 bits per heavy atom. The summed E-state index contributed by atoms with van der Waals surface area (Å²) in [6.45, 7) is 1.58. The zero-order valence-corrected chi connectivity index (χ0v) is 17.7. The van der Waals surface area contributed by atoms with Gasteiger partial charge in [0.15, 0.2) is 0 Å². The Morgan fingerprint density at radius 1 is 1.17 bits per heavy atom. The van der Waals surface area contributed by atoms with Crippen LogP contribution in [-0.2, 0) is 0 Å². The van der Waals surface area contributed by atoms with E-state index in [2.05, 4.69) is 30.2 Å². The molecular formula is C20H23ClFN7O. The monoisotopic (exact) mass is 431 g/mol. The van der Waals surface area contributed by atoms with Gasteiger partial charge in [0.2, 0.25) is 5.95 Å². The van der Waals surface area contributed by atoms with Crippen LogP contribution in [0.5, 0.6) is 6.01 Å². The molecule has 0 saturated heterocycles. The van der Waals surface area contributed by atoms with E-state index in [9.17, 15) is 4.39 Å². The molecule has 0 saturated carbocycles. The van der Waals surface area contributed by atoms with Crippen LogP contribution in [-0.4, -0.2) is 59.1 Å². The van der Waals surface area contributed by atoms with Crippen molar-refractivity contribution in [2.45, 2.75) is 6.42 Å². The van der Waals surface area contributed by atoms with Crippen LogP contribution in [0.3, 0.4) is 0 Å². The number of halogens is 2. The number of nitrogen functional groups attached to an aromatic ring is 1. The summed E-state index contributed by atoms with van der Waals surface area (Å²) in [4.78, 5) is 19.2. The average molecular weight is 432 g/mol. The first-order valence-corrected chi connectivity index (χ1v) is 9.64. The summed E-state index contributed by atoms with van der Waals surface area (Å²) < 4.78 is 18.8. The van der Waals surface area contributed by atoms with Crippen molar-refractivity contribution >= 4 is 23.4 Å². The lowest BCUT2D eigenvalue weighted by Crippen LogP contribution is -2.17. The highest BCUT2D eigenvalue weighted by atomic mass is 35.5. The third-order valence-electron chi connectivity index (χ3n) is 4.29. The minimum absolute atomic E-state index is 0.0119. The summed E-state index contributed by atoms with van der Waals surface area (Å²) in [5, 5.41) is 3.31. The maximum atomic E-state index is 13.7. The highest BCUT2D eigenvalue weighted by molar-refractivity contribution is 6.31. The van der Waals surface area contributed by atoms with Crippen molar-refractivity contribution in [2.24, 2.45) is 0 Å². The van der Waals surface area contributed by atoms with Crippen LogP contribution in [0.25, 0.3) is 22.4 Å². The lowest BCUT2D eigenvalue weighted by atomic mass is 10.0. The van der Waals surface area contributed by atoms with Crippen molar-refractivity contribution in [2.75, 3.05) is 45.3 Å². The van der Waals surface area contributed by atoms with Gasteiger partial charge in [-0.3, -0.25) is 0 Å². The molecule has 3 aromatic rings. The second-order valence-corrected chi connectivity index (χ2v) is 7.23. The van der Waals surface area contributed by atoms with Gasteiger partial charge in [-0.25, -0.2) is 19.3 Å². The number of ether oxygens (including phenoxy) is 1. The molecular weight excluding hydrogens is 409 g/mol. The summed E-state index contributed by atoms with van der Waals surface area (Å²) in [6, 6.07) is 4.62.